The van der Waals surface area contributed by atoms with Gasteiger partial charge in [-0.3, -0.25) is 4.79 Å². The minimum Gasteiger partial charge on any atom is -0.497 e. The fourth-order valence-corrected chi connectivity index (χ4v) is 2.62. The molecular weight excluding hydrogens is 348 g/mol. The Balaban J connectivity index is 2.22. The number of rotatable bonds is 3. The Morgan fingerprint density at radius 3 is 2.55 bits per heavy atom. The van der Waals surface area contributed by atoms with Gasteiger partial charge in [0, 0.05) is 16.6 Å². The van der Waals surface area contributed by atoms with E-state index in [0.717, 1.165) is 4.47 Å². The predicted octanol–water partition coefficient (Wildman–Crippen LogP) is 4.24. The minimum atomic E-state index is -0.101. The van der Waals surface area contributed by atoms with Crippen LogP contribution < -0.4 is 14.9 Å². The van der Waals surface area contributed by atoms with E-state index in [1.807, 2.05) is 6.07 Å². The van der Waals surface area contributed by atoms with Crippen molar-refractivity contribution >= 4 is 26.9 Å². The monoisotopic (exact) mass is 360 g/mol. The molecule has 22 heavy (non-hydrogen) atoms. The molecule has 1 heterocycles. The molecule has 0 spiro atoms. The fraction of sp³-hybridized carbons (Fsp3) is 0.118. The largest absolute Gasteiger partial charge is 0.497 e. The van der Waals surface area contributed by atoms with E-state index < -0.39 is 0 Å². The molecule has 0 saturated heterocycles. The lowest BCUT2D eigenvalue weighted by Gasteiger charge is -2.10. The highest BCUT2D eigenvalue weighted by molar-refractivity contribution is 9.10. The predicted molar refractivity (Wildman–Crippen MR) is 88.7 cm³/mol. The summed E-state index contributed by atoms with van der Waals surface area (Å²) in [6, 6.07) is 12.2. The third-order valence-corrected chi connectivity index (χ3v) is 3.86. The molecule has 3 aromatic rings. The number of ether oxygens (including phenoxy) is 2. The molecule has 3 rings (SSSR count). The topological polar surface area (TPSA) is 48.7 Å². The molecular formula is C17H13BrO4. The van der Waals surface area contributed by atoms with Crippen molar-refractivity contribution in [3.63, 3.8) is 0 Å². The Kier molecular flexibility index (Phi) is 3.90. The zero-order valence-corrected chi connectivity index (χ0v) is 13.6. The summed E-state index contributed by atoms with van der Waals surface area (Å²) in [4.78, 5) is 12.3. The Labute approximate surface area is 135 Å². The van der Waals surface area contributed by atoms with E-state index in [4.69, 9.17) is 13.9 Å². The molecule has 0 saturated carbocycles. The third kappa shape index (κ3) is 2.60. The second-order valence-corrected chi connectivity index (χ2v) is 5.60. The summed E-state index contributed by atoms with van der Waals surface area (Å²) in [6.07, 6.45) is 0. The molecule has 0 amide bonds. The molecule has 0 aliphatic rings. The molecule has 0 fully saturated rings. The molecule has 0 aliphatic heterocycles. The molecule has 4 nitrogen and oxygen atoms in total. The quantitative estimate of drug-likeness (QED) is 0.700. The van der Waals surface area contributed by atoms with Gasteiger partial charge in [0.25, 0.3) is 0 Å². The summed E-state index contributed by atoms with van der Waals surface area (Å²) in [6.45, 7) is 0. The Bertz CT molecular complexity index is 899. The van der Waals surface area contributed by atoms with Crippen LogP contribution in [-0.4, -0.2) is 14.2 Å². The molecule has 1 aromatic heterocycles. The van der Waals surface area contributed by atoms with Crippen molar-refractivity contribution < 1.29 is 13.9 Å². The average molecular weight is 361 g/mol. The van der Waals surface area contributed by atoms with Crippen LogP contribution in [0.15, 0.2) is 56.1 Å². The number of hydrogen-bond acceptors (Lipinski definition) is 4. The van der Waals surface area contributed by atoms with Crippen molar-refractivity contribution in [2.24, 2.45) is 0 Å². The van der Waals surface area contributed by atoms with Crippen molar-refractivity contribution in [1.29, 1.82) is 0 Å². The maximum absolute atomic E-state index is 12.3. The third-order valence-electron chi connectivity index (χ3n) is 3.36. The maximum atomic E-state index is 12.3. The fourth-order valence-electron chi connectivity index (χ4n) is 2.26. The van der Waals surface area contributed by atoms with Gasteiger partial charge in [-0.1, -0.05) is 15.9 Å². The number of hydrogen-bond donors (Lipinski definition) is 0. The number of halogens is 1. The molecule has 0 unspecified atom stereocenters. The van der Waals surface area contributed by atoms with Crippen molar-refractivity contribution in [2.75, 3.05) is 14.2 Å². The summed E-state index contributed by atoms with van der Waals surface area (Å²) < 4.78 is 17.2. The normalized spacial score (nSPS) is 10.7. The Morgan fingerprint density at radius 2 is 1.82 bits per heavy atom. The van der Waals surface area contributed by atoms with E-state index in [9.17, 15) is 4.79 Å². The number of benzene rings is 2. The smallest absolute Gasteiger partial charge is 0.193 e. The van der Waals surface area contributed by atoms with Gasteiger partial charge in [-0.05, 0) is 30.3 Å². The molecule has 112 valence electrons. The van der Waals surface area contributed by atoms with Gasteiger partial charge in [-0.25, -0.2) is 0 Å². The summed E-state index contributed by atoms with van der Waals surface area (Å²) in [5, 5.41) is 0.533. The van der Waals surface area contributed by atoms with Crippen LogP contribution in [0.25, 0.3) is 22.3 Å². The zero-order chi connectivity index (χ0) is 15.7. The average Bonchev–Trinajstić information content (AvgIpc) is 2.54. The van der Waals surface area contributed by atoms with Gasteiger partial charge in [0.1, 0.15) is 22.8 Å². The SMILES string of the molecule is COc1ccc(-c2cc(=O)c3cc(Br)ccc3o2)c(OC)c1. The van der Waals surface area contributed by atoms with Crippen LogP contribution in [-0.2, 0) is 0 Å². The van der Waals surface area contributed by atoms with Crippen LogP contribution in [0, 0.1) is 0 Å². The molecule has 0 N–H and O–H groups in total. The van der Waals surface area contributed by atoms with Crippen LogP contribution >= 0.6 is 15.9 Å². The van der Waals surface area contributed by atoms with Gasteiger partial charge in [0.15, 0.2) is 5.43 Å². The van der Waals surface area contributed by atoms with Gasteiger partial charge in [0.2, 0.25) is 0 Å². The van der Waals surface area contributed by atoms with E-state index in [0.29, 0.717) is 33.8 Å². The first-order valence-electron chi connectivity index (χ1n) is 6.58. The number of fused-ring (bicyclic) bond motifs is 1. The zero-order valence-electron chi connectivity index (χ0n) is 12.1. The van der Waals surface area contributed by atoms with Gasteiger partial charge in [-0.2, -0.15) is 0 Å². The molecule has 2 aromatic carbocycles. The summed E-state index contributed by atoms with van der Waals surface area (Å²) in [7, 11) is 3.15. The lowest BCUT2D eigenvalue weighted by Crippen LogP contribution is -2.01. The minimum absolute atomic E-state index is 0.101. The summed E-state index contributed by atoms with van der Waals surface area (Å²) in [5.74, 6) is 1.71. The van der Waals surface area contributed by atoms with Crippen molar-refractivity contribution in [2.45, 2.75) is 0 Å². The first-order valence-corrected chi connectivity index (χ1v) is 7.37. The van der Waals surface area contributed by atoms with Gasteiger partial charge in [-0.15, -0.1) is 0 Å². The second kappa shape index (κ2) is 5.85. The van der Waals surface area contributed by atoms with Gasteiger partial charge >= 0.3 is 0 Å². The van der Waals surface area contributed by atoms with Crippen LogP contribution in [0.1, 0.15) is 0 Å². The van der Waals surface area contributed by atoms with Crippen LogP contribution in [0.3, 0.4) is 0 Å². The van der Waals surface area contributed by atoms with E-state index in [1.54, 1.807) is 44.6 Å². The highest BCUT2D eigenvalue weighted by atomic mass is 79.9. The van der Waals surface area contributed by atoms with E-state index in [-0.39, 0.29) is 5.43 Å². The van der Waals surface area contributed by atoms with E-state index >= 15 is 0 Å². The highest BCUT2D eigenvalue weighted by Gasteiger charge is 2.12. The van der Waals surface area contributed by atoms with Crippen LogP contribution in [0.2, 0.25) is 0 Å². The lowest BCUT2D eigenvalue weighted by atomic mass is 10.1. The molecule has 0 atom stereocenters. The summed E-state index contributed by atoms with van der Waals surface area (Å²) in [5.41, 5.74) is 1.13. The van der Waals surface area contributed by atoms with Crippen molar-refractivity contribution in [3.05, 3.63) is 57.2 Å². The lowest BCUT2D eigenvalue weighted by molar-refractivity contribution is 0.394. The van der Waals surface area contributed by atoms with E-state index in [1.165, 1.54) is 6.07 Å². The van der Waals surface area contributed by atoms with Crippen LogP contribution in [0.4, 0.5) is 0 Å². The Hall–Kier alpha value is -2.27. The van der Waals surface area contributed by atoms with Gasteiger partial charge in [0.05, 0.1) is 25.2 Å². The highest BCUT2D eigenvalue weighted by Crippen LogP contribution is 2.34. The first-order chi connectivity index (χ1) is 10.6. The first kappa shape index (κ1) is 14.7. The van der Waals surface area contributed by atoms with Crippen molar-refractivity contribution in [1.82, 2.24) is 0 Å². The van der Waals surface area contributed by atoms with Gasteiger partial charge < -0.3 is 13.9 Å². The molecule has 5 heteroatoms. The molecule has 0 bridgehead atoms. The standard InChI is InChI=1S/C17H13BrO4/c1-20-11-4-5-12(16(8-11)21-2)17-9-14(19)13-7-10(18)3-6-15(13)22-17/h3-9H,1-2H3. The Morgan fingerprint density at radius 1 is 1.00 bits per heavy atom. The molecule has 0 aliphatic carbocycles. The van der Waals surface area contributed by atoms with Crippen molar-refractivity contribution in [3.8, 4) is 22.8 Å². The maximum Gasteiger partial charge on any atom is 0.193 e. The number of methoxy groups -OCH3 is 2. The second-order valence-electron chi connectivity index (χ2n) is 4.68. The van der Waals surface area contributed by atoms with Crippen LogP contribution in [0.5, 0.6) is 11.5 Å². The summed E-state index contributed by atoms with van der Waals surface area (Å²) >= 11 is 3.35. The molecule has 0 radical (unpaired) electrons. The van der Waals surface area contributed by atoms with E-state index in [2.05, 4.69) is 15.9 Å².